The molecule has 0 unspecified atom stereocenters. The van der Waals surface area contributed by atoms with Gasteiger partial charge in [-0.25, -0.2) is 4.98 Å². The van der Waals surface area contributed by atoms with E-state index in [9.17, 15) is 4.79 Å². The maximum Gasteiger partial charge on any atom is 0.223 e. The van der Waals surface area contributed by atoms with Crippen LogP contribution in [-0.4, -0.2) is 15.5 Å². The van der Waals surface area contributed by atoms with Crippen LogP contribution in [0.2, 0.25) is 0 Å². The number of rotatable bonds is 4. The first-order valence-electron chi connectivity index (χ1n) is 9.04. The van der Waals surface area contributed by atoms with E-state index in [0.29, 0.717) is 6.54 Å². The highest BCUT2D eigenvalue weighted by Gasteiger charge is 2.26. The molecule has 2 heterocycles. The van der Waals surface area contributed by atoms with Gasteiger partial charge in [0.2, 0.25) is 5.91 Å². The van der Waals surface area contributed by atoms with Crippen molar-refractivity contribution in [1.82, 2.24) is 14.9 Å². The molecular formula is C21H23N3O. The van der Waals surface area contributed by atoms with Gasteiger partial charge in [-0.2, -0.15) is 0 Å². The third kappa shape index (κ3) is 3.16. The van der Waals surface area contributed by atoms with Gasteiger partial charge in [0.05, 0.1) is 11.0 Å². The van der Waals surface area contributed by atoms with Gasteiger partial charge in [0.15, 0.2) is 0 Å². The molecule has 0 fully saturated rings. The standard InChI is InChI=1S/C21H23N3O/c1-2-15-7-9-16(10-8-15)14-22-21(25)17-11-12-24-19-6-4-3-5-18(19)23-20(24)13-17/h3-10,17H,2,11-14H2,1H3,(H,22,25)/t17-/m0/s1. The van der Waals surface area contributed by atoms with Crippen LogP contribution in [0.5, 0.6) is 0 Å². The molecule has 128 valence electrons. The van der Waals surface area contributed by atoms with Crippen molar-refractivity contribution < 1.29 is 4.79 Å². The average Bonchev–Trinajstić information content (AvgIpc) is 3.04. The zero-order chi connectivity index (χ0) is 17.2. The Bertz CT molecular complexity index is 895. The Morgan fingerprint density at radius 2 is 1.92 bits per heavy atom. The number of para-hydroxylation sites is 2. The number of aromatic nitrogens is 2. The van der Waals surface area contributed by atoms with Crippen molar-refractivity contribution in [2.75, 3.05) is 0 Å². The lowest BCUT2D eigenvalue weighted by Gasteiger charge is -2.23. The number of imidazole rings is 1. The summed E-state index contributed by atoms with van der Waals surface area (Å²) in [4.78, 5) is 17.3. The summed E-state index contributed by atoms with van der Waals surface area (Å²) >= 11 is 0. The Morgan fingerprint density at radius 3 is 2.72 bits per heavy atom. The summed E-state index contributed by atoms with van der Waals surface area (Å²) < 4.78 is 2.25. The van der Waals surface area contributed by atoms with Crippen LogP contribution < -0.4 is 5.32 Å². The number of hydrogen-bond donors (Lipinski definition) is 1. The van der Waals surface area contributed by atoms with E-state index in [2.05, 4.69) is 47.1 Å². The maximum absolute atomic E-state index is 12.6. The summed E-state index contributed by atoms with van der Waals surface area (Å²) in [5.41, 5.74) is 4.66. The van der Waals surface area contributed by atoms with E-state index in [-0.39, 0.29) is 11.8 Å². The second kappa shape index (κ2) is 6.71. The zero-order valence-corrected chi connectivity index (χ0v) is 14.5. The third-order valence-electron chi connectivity index (χ3n) is 5.13. The minimum absolute atomic E-state index is 0.0132. The van der Waals surface area contributed by atoms with Crippen LogP contribution in [0.3, 0.4) is 0 Å². The second-order valence-electron chi connectivity index (χ2n) is 6.75. The molecule has 4 rings (SSSR count). The molecule has 3 aromatic rings. The number of amides is 1. The van der Waals surface area contributed by atoms with Crippen LogP contribution in [0.1, 0.15) is 30.3 Å². The molecule has 0 radical (unpaired) electrons. The van der Waals surface area contributed by atoms with E-state index in [1.54, 1.807) is 0 Å². The van der Waals surface area contributed by atoms with Gasteiger partial charge in [-0.1, -0.05) is 43.3 Å². The summed E-state index contributed by atoms with van der Waals surface area (Å²) in [6.07, 6.45) is 2.62. The molecule has 0 spiro atoms. The fourth-order valence-electron chi connectivity index (χ4n) is 3.59. The van der Waals surface area contributed by atoms with Gasteiger partial charge in [0.1, 0.15) is 5.82 Å². The Balaban J connectivity index is 1.41. The number of carbonyl (C=O) groups is 1. The van der Waals surface area contributed by atoms with Gasteiger partial charge in [-0.15, -0.1) is 0 Å². The lowest BCUT2D eigenvalue weighted by Crippen LogP contribution is -2.35. The van der Waals surface area contributed by atoms with Crippen LogP contribution in [0.4, 0.5) is 0 Å². The Hall–Kier alpha value is -2.62. The molecule has 2 aromatic carbocycles. The van der Waals surface area contributed by atoms with Crippen molar-refractivity contribution >= 4 is 16.9 Å². The molecule has 1 aromatic heterocycles. The fourth-order valence-corrected chi connectivity index (χ4v) is 3.59. The lowest BCUT2D eigenvalue weighted by molar-refractivity contribution is -0.125. The van der Waals surface area contributed by atoms with Crippen LogP contribution in [0, 0.1) is 5.92 Å². The minimum atomic E-state index is 0.0132. The molecule has 1 N–H and O–H groups in total. The summed E-state index contributed by atoms with van der Waals surface area (Å²) in [6.45, 7) is 3.60. The smallest absolute Gasteiger partial charge is 0.223 e. The van der Waals surface area contributed by atoms with Crippen molar-refractivity contribution in [3.63, 3.8) is 0 Å². The number of hydrogen-bond acceptors (Lipinski definition) is 2. The Kier molecular flexibility index (Phi) is 4.26. The first kappa shape index (κ1) is 15.9. The Morgan fingerprint density at radius 1 is 1.16 bits per heavy atom. The number of nitrogens with zero attached hydrogens (tertiary/aromatic N) is 2. The topological polar surface area (TPSA) is 46.9 Å². The third-order valence-corrected chi connectivity index (χ3v) is 5.13. The molecular weight excluding hydrogens is 310 g/mol. The van der Waals surface area contributed by atoms with E-state index in [0.717, 1.165) is 42.7 Å². The molecule has 4 nitrogen and oxygen atoms in total. The summed E-state index contributed by atoms with van der Waals surface area (Å²) in [7, 11) is 0. The van der Waals surface area contributed by atoms with Crippen LogP contribution in [-0.2, 0) is 30.7 Å². The van der Waals surface area contributed by atoms with Crippen LogP contribution in [0.25, 0.3) is 11.0 Å². The number of carbonyl (C=O) groups excluding carboxylic acids is 1. The lowest BCUT2D eigenvalue weighted by atomic mass is 9.96. The minimum Gasteiger partial charge on any atom is -0.352 e. The maximum atomic E-state index is 12.6. The van der Waals surface area contributed by atoms with Gasteiger partial charge < -0.3 is 9.88 Å². The van der Waals surface area contributed by atoms with E-state index in [1.807, 2.05) is 18.2 Å². The predicted octanol–water partition coefficient (Wildman–Crippen LogP) is 3.48. The van der Waals surface area contributed by atoms with Gasteiger partial charge in [0.25, 0.3) is 0 Å². The number of nitrogens with one attached hydrogen (secondary N) is 1. The van der Waals surface area contributed by atoms with Gasteiger partial charge in [-0.3, -0.25) is 4.79 Å². The van der Waals surface area contributed by atoms with Crippen LogP contribution >= 0.6 is 0 Å². The van der Waals surface area contributed by atoms with E-state index in [1.165, 1.54) is 11.1 Å². The van der Waals surface area contributed by atoms with E-state index >= 15 is 0 Å². The zero-order valence-electron chi connectivity index (χ0n) is 14.5. The van der Waals surface area contributed by atoms with Crippen molar-refractivity contribution in [2.24, 2.45) is 5.92 Å². The SMILES string of the molecule is CCc1ccc(CNC(=O)[C@H]2CCn3c(nc4ccccc43)C2)cc1. The summed E-state index contributed by atoms with van der Waals surface area (Å²) in [6, 6.07) is 16.6. The molecule has 0 saturated heterocycles. The molecule has 25 heavy (non-hydrogen) atoms. The van der Waals surface area contributed by atoms with Gasteiger partial charge in [0, 0.05) is 25.4 Å². The predicted molar refractivity (Wildman–Crippen MR) is 99.2 cm³/mol. The average molecular weight is 333 g/mol. The molecule has 1 atom stereocenters. The van der Waals surface area contributed by atoms with Gasteiger partial charge in [-0.05, 0) is 36.1 Å². The fraction of sp³-hybridized carbons (Fsp3) is 0.333. The Labute approximate surface area is 147 Å². The van der Waals surface area contributed by atoms with E-state index in [4.69, 9.17) is 4.98 Å². The normalized spacial score (nSPS) is 16.6. The highest BCUT2D eigenvalue weighted by molar-refractivity contribution is 5.80. The number of fused-ring (bicyclic) bond motifs is 3. The van der Waals surface area contributed by atoms with Crippen molar-refractivity contribution in [2.45, 2.75) is 39.3 Å². The molecule has 4 heteroatoms. The number of benzene rings is 2. The molecule has 1 aliphatic heterocycles. The van der Waals surface area contributed by atoms with Crippen molar-refractivity contribution in [3.8, 4) is 0 Å². The first-order chi connectivity index (χ1) is 12.2. The highest BCUT2D eigenvalue weighted by atomic mass is 16.1. The summed E-state index contributed by atoms with van der Waals surface area (Å²) in [5.74, 6) is 1.18. The monoisotopic (exact) mass is 333 g/mol. The molecule has 0 aliphatic carbocycles. The van der Waals surface area contributed by atoms with Crippen LogP contribution in [0.15, 0.2) is 48.5 Å². The van der Waals surface area contributed by atoms with Gasteiger partial charge >= 0.3 is 0 Å². The molecule has 1 amide bonds. The second-order valence-corrected chi connectivity index (χ2v) is 6.75. The van der Waals surface area contributed by atoms with E-state index < -0.39 is 0 Å². The molecule has 0 bridgehead atoms. The quantitative estimate of drug-likeness (QED) is 0.794. The highest BCUT2D eigenvalue weighted by Crippen LogP contribution is 2.25. The molecule has 0 saturated carbocycles. The number of aryl methyl sites for hydroxylation is 2. The molecule has 1 aliphatic rings. The van der Waals surface area contributed by atoms with Crippen molar-refractivity contribution in [1.29, 1.82) is 0 Å². The summed E-state index contributed by atoms with van der Waals surface area (Å²) in [5, 5.41) is 3.09. The largest absolute Gasteiger partial charge is 0.352 e. The van der Waals surface area contributed by atoms with Crippen molar-refractivity contribution in [3.05, 3.63) is 65.5 Å². The first-order valence-corrected chi connectivity index (χ1v) is 9.04.